The van der Waals surface area contributed by atoms with E-state index in [0.717, 1.165) is 22.2 Å². The Morgan fingerprint density at radius 2 is 1.00 bits per heavy atom. The van der Waals surface area contributed by atoms with E-state index in [1.807, 2.05) is 23.7 Å². The van der Waals surface area contributed by atoms with E-state index >= 15 is 0 Å². The zero-order valence-electron chi connectivity index (χ0n) is 25.8. The van der Waals surface area contributed by atoms with E-state index in [0.29, 0.717) is 5.95 Å². The molecule has 3 aromatic heterocycles. The average molecular weight is 630 g/mol. The van der Waals surface area contributed by atoms with Crippen LogP contribution in [-0.4, -0.2) is 14.5 Å². The van der Waals surface area contributed by atoms with Crippen molar-refractivity contribution in [2.45, 2.75) is 0 Å². The Balaban J connectivity index is 1.15. The second-order valence-corrected chi connectivity index (χ2v) is 13.3. The number of rotatable bonds is 4. The fourth-order valence-electron chi connectivity index (χ4n) is 7.16. The van der Waals surface area contributed by atoms with Crippen LogP contribution in [0, 0.1) is 0 Å². The quantitative estimate of drug-likeness (QED) is 0.194. The molecule has 3 nitrogen and oxygen atoms in total. The number of fused-ring (bicyclic) bond motifs is 8. The smallest absolute Gasteiger partial charge is 0.234 e. The molecule has 0 aliphatic rings. The molecule has 7 aromatic carbocycles. The number of thiophene rings is 1. The zero-order chi connectivity index (χ0) is 31.6. The lowest BCUT2D eigenvalue weighted by Gasteiger charge is -2.12. The van der Waals surface area contributed by atoms with Crippen molar-refractivity contribution in [3.8, 4) is 39.3 Å². The third kappa shape index (κ3) is 4.27. The molecule has 0 amide bonds. The fraction of sp³-hybridized carbons (Fsp3) is 0. The van der Waals surface area contributed by atoms with Gasteiger partial charge in [0, 0.05) is 48.9 Å². The first-order valence-corrected chi connectivity index (χ1v) is 17.0. The summed E-state index contributed by atoms with van der Waals surface area (Å²) in [5, 5.41) is 7.54. The fourth-order valence-corrected chi connectivity index (χ4v) is 8.41. The predicted molar refractivity (Wildman–Crippen MR) is 203 cm³/mol. The molecule has 0 bridgehead atoms. The van der Waals surface area contributed by atoms with E-state index in [2.05, 4.69) is 156 Å². The molecular formula is C44H27N3S. The summed E-state index contributed by atoms with van der Waals surface area (Å²) in [6, 6.07) is 54.3. The Morgan fingerprint density at radius 1 is 0.396 bits per heavy atom. The van der Waals surface area contributed by atoms with Gasteiger partial charge in [0.2, 0.25) is 5.95 Å². The summed E-state index contributed by atoms with van der Waals surface area (Å²) >= 11 is 1.88. The molecule has 0 N–H and O–H groups in total. The molecule has 0 atom stereocenters. The van der Waals surface area contributed by atoms with Crippen molar-refractivity contribution in [3.05, 3.63) is 164 Å². The normalized spacial score (nSPS) is 11.8. The van der Waals surface area contributed by atoms with Gasteiger partial charge in [-0.15, -0.1) is 11.3 Å². The Kier molecular flexibility index (Phi) is 6.05. The van der Waals surface area contributed by atoms with Crippen molar-refractivity contribution < 1.29 is 0 Å². The molecule has 0 saturated heterocycles. The second-order valence-electron chi connectivity index (χ2n) is 12.3. The molecule has 0 aliphatic heterocycles. The maximum atomic E-state index is 5.03. The molecule has 224 valence electrons. The minimum atomic E-state index is 0.664. The van der Waals surface area contributed by atoms with Crippen LogP contribution in [0.15, 0.2) is 164 Å². The first-order chi connectivity index (χ1) is 23.8. The van der Waals surface area contributed by atoms with Gasteiger partial charge in [-0.05, 0) is 75.0 Å². The van der Waals surface area contributed by atoms with E-state index < -0.39 is 0 Å². The summed E-state index contributed by atoms with van der Waals surface area (Å²) in [4.78, 5) is 10.1. The maximum Gasteiger partial charge on any atom is 0.234 e. The lowest BCUT2D eigenvalue weighted by atomic mass is 9.94. The molecule has 3 heterocycles. The Hall–Kier alpha value is -6.10. The van der Waals surface area contributed by atoms with Gasteiger partial charge in [-0.2, -0.15) is 0 Å². The highest BCUT2D eigenvalue weighted by Crippen LogP contribution is 2.42. The topological polar surface area (TPSA) is 30.7 Å². The van der Waals surface area contributed by atoms with Gasteiger partial charge in [-0.1, -0.05) is 115 Å². The van der Waals surface area contributed by atoms with Crippen molar-refractivity contribution in [2.24, 2.45) is 0 Å². The molecule has 10 rings (SSSR count). The van der Waals surface area contributed by atoms with Crippen molar-refractivity contribution in [3.63, 3.8) is 0 Å². The highest BCUT2D eigenvalue weighted by atomic mass is 32.1. The van der Waals surface area contributed by atoms with Gasteiger partial charge >= 0.3 is 0 Å². The summed E-state index contributed by atoms with van der Waals surface area (Å²) in [7, 11) is 0. The predicted octanol–water partition coefficient (Wildman–Crippen LogP) is 12.1. The van der Waals surface area contributed by atoms with Crippen LogP contribution in [0.3, 0.4) is 0 Å². The van der Waals surface area contributed by atoms with Gasteiger partial charge in [0.15, 0.2) is 0 Å². The van der Waals surface area contributed by atoms with Gasteiger partial charge in [-0.3, -0.25) is 4.57 Å². The van der Waals surface area contributed by atoms with Crippen LogP contribution in [0.4, 0.5) is 0 Å². The lowest BCUT2D eigenvalue weighted by molar-refractivity contribution is 0.991. The van der Waals surface area contributed by atoms with Gasteiger partial charge in [0.25, 0.3) is 0 Å². The molecule has 10 aromatic rings. The number of benzene rings is 7. The van der Waals surface area contributed by atoms with E-state index in [9.17, 15) is 0 Å². The molecule has 4 heteroatoms. The Morgan fingerprint density at radius 3 is 1.71 bits per heavy atom. The molecule has 0 radical (unpaired) electrons. The van der Waals surface area contributed by atoms with Crippen molar-refractivity contribution in [2.75, 3.05) is 0 Å². The first-order valence-electron chi connectivity index (χ1n) is 16.1. The Bertz CT molecular complexity index is 2760. The summed E-state index contributed by atoms with van der Waals surface area (Å²) in [5.74, 6) is 0.664. The summed E-state index contributed by atoms with van der Waals surface area (Å²) in [6.07, 6.45) is 3.93. The lowest BCUT2D eigenvalue weighted by Crippen LogP contribution is -2.00. The zero-order valence-corrected chi connectivity index (χ0v) is 26.7. The van der Waals surface area contributed by atoms with E-state index in [-0.39, 0.29) is 0 Å². The maximum absolute atomic E-state index is 5.03. The summed E-state index contributed by atoms with van der Waals surface area (Å²) in [5.41, 5.74) is 8.97. The average Bonchev–Trinajstić information content (AvgIpc) is 3.69. The van der Waals surface area contributed by atoms with Gasteiger partial charge < -0.3 is 0 Å². The summed E-state index contributed by atoms with van der Waals surface area (Å²) < 4.78 is 4.84. The number of aromatic nitrogens is 3. The minimum Gasteiger partial charge on any atom is -0.278 e. The van der Waals surface area contributed by atoms with Crippen LogP contribution in [0.2, 0.25) is 0 Å². The third-order valence-corrected chi connectivity index (χ3v) is 10.7. The summed E-state index contributed by atoms with van der Waals surface area (Å²) in [6.45, 7) is 0. The molecule has 0 unspecified atom stereocenters. The number of hydrogen-bond donors (Lipinski definition) is 0. The molecule has 0 spiro atoms. The van der Waals surface area contributed by atoms with Crippen LogP contribution < -0.4 is 0 Å². The SMILES string of the molecule is c1ccc(-c2cc(-c3ccccc3)cc(-c3cnc(-n4c5ccccc5c5cc6sc7c8ccccc8ccc7c6cc54)nc3)c2)cc1. The van der Waals surface area contributed by atoms with Crippen LogP contribution in [0.25, 0.3) is 92.1 Å². The molecular weight excluding hydrogens is 603 g/mol. The van der Waals surface area contributed by atoms with Crippen molar-refractivity contribution in [1.29, 1.82) is 0 Å². The number of hydrogen-bond acceptors (Lipinski definition) is 3. The van der Waals surface area contributed by atoms with Crippen molar-refractivity contribution in [1.82, 2.24) is 14.5 Å². The third-order valence-electron chi connectivity index (χ3n) is 9.47. The van der Waals surface area contributed by atoms with Crippen LogP contribution in [0.1, 0.15) is 0 Å². The van der Waals surface area contributed by atoms with E-state index in [1.165, 1.54) is 64.0 Å². The Labute approximate surface area is 281 Å². The highest BCUT2D eigenvalue weighted by Gasteiger charge is 2.18. The molecule has 0 fully saturated rings. The minimum absolute atomic E-state index is 0.664. The largest absolute Gasteiger partial charge is 0.278 e. The van der Waals surface area contributed by atoms with E-state index in [4.69, 9.17) is 9.97 Å². The molecule has 48 heavy (non-hydrogen) atoms. The highest BCUT2D eigenvalue weighted by molar-refractivity contribution is 7.26. The van der Waals surface area contributed by atoms with Gasteiger partial charge in [0.05, 0.1) is 11.0 Å². The van der Waals surface area contributed by atoms with Crippen LogP contribution >= 0.6 is 11.3 Å². The number of nitrogens with zero attached hydrogens (tertiary/aromatic N) is 3. The second kappa shape index (κ2) is 10.7. The van der Waals surface area contributed by atoms with E-state index in [1.54, 1.807) is 0 Å². The monoisotopic (exact) mass is 629 g/mol. The van der Waals surface area contributed by atoms with Crippen LogP contribution in [0.5, 0.6) is 0 Å². The first kappa shape index (κ1) is 27.1. The van der Waals surface area contributed by atoms with Crippen LogP contribution in [-0.2, 0) is 0 Å². The molecule has 0 aliphatic carbocycles. The van der Waals surface area contributed by atoms with Gasteiger partial charge in [-0.25, -0.2) is 9.97 Å². The van der Waals surface area contributed by atoms with Crippen molar-refractivity contribution >= 4 is 64.1 Å². The molecule has 0 saturated carbocycles. The van der Waals surface area contributed by atoms with Gasteiger partial charge in [0.1, 0.15) is 0 Å². The standard InChI is InChI=1S/C44H27N3S/c1-3-11-28(12-4-1)31-21-32(29-13-5-2-6-14-29)23-33(22-31)34-26-45-44(46-27-34)47-40-18-10-9-17-36(40)38-25-42-39(24-41(38)47)37-20-19-30-15-7-8-16-35(30)43(37)48-42/h1-27H. The number of para-hydroxylation sites is 1.